The van der Waals surface area contributed by atoms with Crippen molar-refractivity contribution in [3.63, 3.8) is 0 Å². The van der Waals surface area contributed by atoms with Crippen LogP contribution in [0, 0.1) is 11.3 Å². The molecule has 100 valence electrons. The van der Waals surface area contributed by atoms with Crippen LogP contribution >= 0.6 is 0 Å². The third-order valence-corrected chi connectivity index (χ3v) is 3.39. The van der Waals surface area contributed by atoms with Gasteiger partial charge >= 0.3 is 0 Å². The Morgan fingerprint density at radius 1 is 1.47 bits per heavy atom. The predicted molar refractivity (Wildman–Crippen MR) is 68.6 cm³/mol. The Hall–Kier alpha value is -0.610. The minimum absolute atomic E-state index is 0.0108. The molecule has 0 bridgehead atoms. The van der Waals surface area contributed by atoms with E-state index < -0.39 is 0 Å². The van der Waals surface area contributed by atoms with Gasteiger partial charge in [0.1, 0.15) is 0 Å². The van der Waals surface area contributed by atoms with Crippen molar-refractivity contribution in [1.82, 2.24) is 5.32 Å². The van der Waals surface area contributed by atoms with E-state index in [2.05, 4.69) is 19.2 Å². The van der Waals surface area contributed by atoms with Gasteiger partial charge in [0, 0.05) is 19.6 Å². The first-order valence-electron chi connectivity index (χ1n) is 6.55. The SMILES string of the molecule is CCOC1CC(CC(=O)NCC(C)(C)CN)C1. The smallest absolute Gasteiger partial charge is 0.220 e. The Bertz CT molecular complexity index is 248. The molecule has 4 heteroatoms. The van der Waals surface area contributed by atoms with E-state index in [0.29, 0.717) is 31.5 Å². The van der Waals surface area contributed by atoms with Crippen molar-refractivity contribution in [2.45, 2.75) is 46.1 Å². The van der Waals surface area contributed by atoms with Gasteiger partial charge in [-0.05, 0) is 37.6 Å². The lowest BCUT2D eigenvalue weighted by Gasteiger charge is -2.34. The first-order chi connectivity index (χ1) is 7.96. The molecule has 0 radical (unpaired) electrons. The Morgan fingerprint density at radius 2 is 2.12 bits per heavy atom. The molecule has 1 rings (SSSR count). The maximum atomic E-state index is 11.7. The third kappa shape index (κ3) is 5.04. The van der Waals surface area contributed by atoms with Gasteiger partial charge in [0.2, 0.25) is 5.91 Å². The van der Waals surface area contributed by atoms with Gasteiger partial charge in [-0.25, -0.2) is 0 Å². The summed E-state index contributed by atoms with van der Waals surface area (Å²) >= 11 is 0. The van der Waals surface area contributed by atoms with Crippen LogP contribution in [-0.2, 0) is 9.53 Å². The molecule has 17 heavy (non-hydrogen) atoms. The molecule has 0 atom stereocenters. The van der Waals surface area contributed by atoms with Crippen molar-refractivity contribution in [3.8, 4) is 0 Å². The van der Waals surface area contributed by atoms with Crippen molar-refractivity contribution in [2.75, 3.05) is 19.7 Å². The number of nitrogens with one attached hydrogen (secondary N) is 1. The average Bonchev–Trinajstić information content (AvgIpc) is 2.24. The highest BCUT2D eigenvalue weighted by molar-refractivity contribution is 5.76. The third-order valence-electron chi connectivity index (χ3n) is 3.39. The zero-order chi connectivity index (χ0) is 12.9. The van der Waals surface area contributed by atoms with Crippen molar-refractivity contribution in [1.29, 1.82) is 0 Å². The second-order valence-corrected chi connectivity index (χ2v) is 5.76. The monoisotopic (exact) mass is 242 g/mol. The minimum Gasteiger partial charge on any atom is -0.378 e. The number of nitrogens with two attached hydrogens (primary N) is 1. The Labute approximate surface area is 104 Å². The second kappa shape index (κ2) is 6.36. The summed E-state index contributed by atoms with van der Waals surface area (Å²) in [5.74, 6) is 0.652. The van der Waals surface area contributed by atoms with Crippen LogP contribution in [0.5, 0.6) is 0 Å². The molecule has 0 aromatic carbocycles. The Kier molecular flexibility index (Phi) is 5.40. The van der Waals surface area contributed by atoms with E-state index in [-0.39, 0.29) is 11.3 Å². The summed E-state index contributed by atoms with van der Waals surface area (Å²) in [5.41, 5.74) is 5.60. The number of hydrogen-bond acceptors (Lipinski definition) is 3. The van der Waals surface area contributed by atoms with Crippen LogP contribution in [0.1, 0.15) is 40.0 Å². The van der Waals surface area contributed by atoms with E-state index in [1.807, 2.05) is 6.92 Å². The van der Waals surface area contributed by atoms with Crippen LogP contribution in [0.25, 0.3) is 0 Å². The van der Waals surface area contributed by atoms with Gasteiger partial charge in [-0.2, -0.15) is 0 Å². The number of amides is 1. The maximum absolute atomic E-state index is 11.7. The molecule has 0 aliphatic heterocycles. The zero-order valence-corrected chi connectivity index (χ0v) is 11.3. The van der Waals surface area contributed by atoms with Crippen molar-refractivity contribution < 1.29 is 9.53 Å². The number of carbonyl (C=O) groups is 1. The van der Waals surface area contributed by atoms with Crippen LogP contribution in [0.15, 0.2) is 0 Å². The van der Waals surface area contributed by atoms with Crippen LogP contribution in [0.4, 0.5) is 0 Å². The first kappa shape index (κ1) is 14.5. The highest BCUT2D eigenvalue weighted by Gasteiger charge is 2.31. The lowest BCUT2D eigenvalue weighted by Crippen LogP contribution is -2.40. The Balaban J connectivity index is 2.11. The molecular formula is C13H26N2O2. The topological polar surface area (TPSA) is 64.3 Å². The van der Waals surface area contributed by atoms with E-state index in [1.165, 1.54) is 0 Å². The summed E-state index contributed by atoms with van der Waals surface area (Å²) in [7, 11) is 0. The van der Waals surface area contributed by atoms with Gasteiger partial charge in [0.05, 0.1) is 6.10 Å². The molecule has 0 unspecified atom stereocenters. The van der Waals surface area contributed by atoms with Gasteiger partial charge in [-0.15, -0.1) is 0 Å². The standard InChI is InChI=1S/C13H26N2O2/c1-4-17-11-5-10(6-11)7-12(16)15-9-13(2,3)8-14/h10-11H,4-9,14H2,1-3H3,(H,15,16). The van der Waals surface area contributed by atoms with Gasteiger partial charge in [-0.3, -0.25) is 4.79 Å². The molecule has 0 saturated heterocycles. The molecule has 4 nitrogen and oxygen atoms in total. The van der Waals surface area contributed by atoms with E-state index in [1.54, 1.807) is 0 Å². The molecule has 1 aliphatic rings. The highest BCUT2D eigenvalue weighted by atomic mass is 16.5. The summed E-state index contributed by atoms with van der Waals surface area (Å²) in [5, 5.41) is 2.96. The van der Waals surface area contributed by atoms with Crippen LogP contribution in [0.3, 0.4) is 0 Å². The second-order valence-electron chi connectivity index (χ2n) is 5.76. The molecule has 0 aromatic rings. The molecular weight excluding hydrogens is 216 g/mol. The molecule has 1 amide bonds. The highest BCUT2D eigenvalue weighted by Crippen LogP contribution is 2.32. The lowest BCUT2D eigenvalue weighted by molar-refractivity contribution is -0.124. The quantitative estimate of drug-likeness (QED) is 0.707. The number of hydrogen-bond donors (Lipinski definition) is 2. The fourth-order valence-electron chi connectivity index (χ4n) is 1.96. The normalized spacial score (nSPS) is 24.2. The van der Waals surface area contributed by atoms with Gasteiger partial charge in [0.15, 0.2) is 0 Å². The predicted octanol–water partition coefficient (Wildman–Crippen LogP) is 1.29. The molecule has 1 fully saturated rings. The molecule has 0 spiro atoms. The van der Waals surface area contributed by atoms with Crippen LogP contribution in [0.2, 0.25) is 0 Å². The van der Waals surface area contributed by atoms with Crippen molar-refractivity contribution in [2.24, 2.45) is 17.1 Å². The zero-order valence-electron chi connectivity index (χ0n) is 11.3. The molecule has 0 aromatic heterocycles. The molecule has 1 saturated carbocycles. The molecule has 3 N–H and O–H groups in total. The summed E-state index contributed by atoms with van der Waals surface area (Å²) < 4.78 is 5.47. The van der Waals surface area contributed by atoms with Gasteiger partial charge in [0.25, 0.3) is 0 Å². The molecule has 0 heterocycles. The first-order valence-corrected chi connectivity index (χ1v) is 6.55. The molecule has 1 aliphatic carbocycles. The summed E-state index contributed by atoms with van der Waals surface area (Å²) in [6, 6.07) is 0. The fourth-order valence-corrected chi connectivity index (χ4v) is 1.96. The largest absolute Gasteiger partial charge is 0.378 e. The summed E-state index contributed by atoms with van der Waals surface area (Å²) in [4.78, 5) is 11.7. The summed E-state index contributed by atoms with van der Waals surface area (Å²) in [6.07, 6.45) is 3.08. The number of ether oxygens (including phenoxy) is 1. The average molecular weight is 242 g/mol. The number of carbonyl (C=O) groups excluding carboxylic acids is 1. The maximum Gasteiger partial charge on any atom is 0.220 e. The fraction of sp³-hybridized carbons (Fsp3) is 0.923. The van der Waals surface area contributed by atoms with Gasteiger partial charge in [-0.1, -0.05) is 13.8 Å². The summed E-state index contributed by atoms with van der Waals surface area (Å²) in [6.45, 7) is 8.14. The van der Waals surface area contributed by atoms with Crippen molar-refractivity contribution in [3.05, 3.63) is 0 Å². The Morgan fingerprint density at radius 3 is 2.65 bits per heavy atom. The lowest BCUT2D eigenvalue weighted by atomic mass is 9.80. The van der Waals surface area contributed by atoms with E-state index in [4.69, 9.17) is 10.5 Å². The number of rotatable bonds is 7. The van der Waals surface area contributed by atoms with E-state index >= 15 is 0 Å². The van der Waals surface area contributed by atoms with Crippen LogP contribution in [-0.4, -0.2) is 31.7 Å². The van der Waals surface area contributed by atoms with Crippen LogP contribution < -0.4 is 11.1 Å². The van der Waals surface area contributed by atoms with E-state index in [9.17, 15) is 4.79 Å². The van der Waals surface area contributed by atoms with Gasteiger partial charge < -0.3 is 15.8 Å². The van der Waals surface area contributed by atoms with E-state index in [0.717, 1.165) is 19.4 Å². The van der Waals surface area contributed by atoms with Crippen molar-refractivity contribution >= 4 is 5.91 Å². The minimum atomic E-state index is -0.0108.